The highest BCUT2D eigenvalue weighted by molar-refractivity contribution is 5.46. The first-order valence-corrected chi connectivity index (χ1v) is 9.89. The van der Waals surface area contributed by atoms with E-state index < -0.39 is 0 Å². The van der Waals surface area contributed by atoms with Crippen molar-refractivity contribution in [3.63, 3.8) is 0 Å². The molecule has 1 aromatic heterocycles. The Morgan fingerprint density at radius 1 is 1.22 bits per heavy atom. The largest absolute Gasteiger partial charge is 0.493 e. The maximum atomic E-state index is 6.14. The van der Waals surface area contributed by atoms with Crippen molar-refractivity contribution in [1.82, 2.24) is 14.5 Å². The molecule has 0 radical (unpaired) electrons. The van der Waals surface area contributed by atoms with Crippen molar-refractivity contribution in [2.75, 3.05) is 33.4 Å². The molecule has 146 valence electrons. The molecule has 0 atom stereocenters. The Morgan fingerprint density at radius 2 is 2.11 bits per heavy atom. The summed E-state index contributed by atoms with van der Waals surface area (Å²) in [5.74, 6) is 1.66. The summed E-state index contributed by atoms with van der Waals surface area (Å²) >= 11 is 0. The van der Waals surface area contributed by atoms with E-state index in [2.05, 4.69) is 16.0 Å². The van der Waals surface area contributed by atoms with Gasteiger partial charge in [-0.1, -0.05) is 12.1 Å². The van der Waals surface area contributed by atoms with Gasteiger partial charge in [-0.2, -0.15) is 0 Å². The first-order chi connectivity index (χ1) is 13.3. The smallest absolute Gasteiger partial charge is 0.165 e. The lowest BCUT2D eigenvalue weighted by Crippen LogP contribution is -2.43. The number of hydrogen-bond donors (Lipinski definition) is 0. The van der Waals surface area contributed by atoms with E-state index in [-0.39, 0.29) is 5.60 Å². The third-order valence-corrected chi connectivity index (χ3v) is 5.78. The Bertz CT molecular complexity index is 716. The summed E-state index contributed by atoms with van der Waals surface area (Å²) in [4.78, 5) is 6.58. The molecule has 6 heteroatoms. The molecule has 2 aliphatic heterocycles. The van der Waals surface area contributed by atoms with E-state index in [4.69, 9.17) is 14.2 Å². The minimum absolute atomic E-state index is 0.162. The molecule has 0 N–H and O–H groups in total. The maximum Gasteiger partial charge on any atom is 0.165 e. The standard InChI is InChI=1S/C21H29N3O3/c1-25-19-5-2-4-18(20(19)26-15-13-24-12-9-22-17-24)16-23-10-7-21(8-11-23)6-3-14-27-21/h2,4-5,9,12,17H,3,6-8,10-11,13-16H2,1H3. The predicted octanol–water partition coefficient (Wildman–Crippen LogP) is 3.12. The number of rotatable bonds is 7. The van der Waals surface area contributed by atoms with Crippen LogP contribution < -0.4 is 9.47 Å². The van der Waals surface area contributed by atoms with Crippen LogP contribution in [0.3, 0.4) is 0 Å². The van der Waals surface area contributed by atoms with Crippen molar-refractivity contribution in [3.05, 3.63) is 42.5 Å². The molecule has 1 spiro atoms. The molecule has 2 aliphatic rings. The molecular weight excluding hydrogens is 342 g/mol. The zero-order chi connectivity index (χ0) is 18.5. The van der Waals surface area contributed by atoms with E-state index >= 15 is 0 Å². The zero-order valence-electron chi connectivity index (χ0n) is 16.1. The third kappa shape index (κ3) is 4.28. The molecular formula is C21H29N3O3. The Hall–Kier alpha value is -2.05. The number of ether oxygens (including phenoxy) is 3. The van der Waals surface area contributed by atoms with E-state index in [0.29, 0.717) is 6.61 Å². The summed E-state index contributed by atoms with van der Waals surface area (Å²) in [6.45, 7) is 5.32. The van der Waals surface area contributed by atoms with Crippen LogP contribution in [0.15, 0.2) is 36.9 Å². The van der Waals surface area contributed by atoms with E-state index in [1.807, 2.05) is 22.9 Å². The molecule has 6 nitrogen and oxygen atoms in total. The lowest BCUT2D eigenvalue weighted by molar-refractivity contribution is -0.0448. The van der Waals surface area contributed by atoms with Crippen LogP contribution in [0.2, 0.25) is 0 Å². The highest BCUT2D eigenvalue weighted by Gasteiger charge is 2.38. The van der Waals surface area contributed by atoms with Crippen LogP contribution in [0, 0.1) is 0 Å². The molecule has 0 amide bonds. The average molecular weight is 371 g/mol. The summed E-state index contributed by atoms with van der Waals surface area (Å²) in [6.07, 6.45) is 10.2. The maximum absolute atomic E-state index is 6.14. The lowest BCUT2D eigenvalue weighted by atomic mass is 9.88. The van der Waals surface area contributed by atoms with Gasteiger partial charge in [-0.25, -0.2) is 4.98 Å². The number of nitrogens with zero attached hydrogens (tertiary/aromatic N) is 3. The quantitative estimate of drug-likeness (QED) is 0.748. The topological polar surface area (TPSA) is 48.8 Å². The summed E-state index contributed by atoms with van der Waals surface area (Å²) in [5, 5.41) is 0. The normalized spacial score (nSPS) is 19.4. The fourth-order valence-corrected chi connectivity index (χ4v) is 4.19. The fraction of sp³-hybridized carbons (Fsp3) is 0.571. The van der Waals surface area contributed by atoms with Crippen LogP contribution in [0.25, 0.3) is 0 Å². The zero-order valence-corrected chi connectivity index (χ0v) is 16.1. The molecule has 2 fully saturated rings. The van der Waals surface area contributed by atoms with Crippen LogP contribution in [-0.2, 0) is 17.8 Å². The van der Waals surface area contributed by atoms with Gasteiger partial charge in [0, 0.05) is 44.2 Å². The predicted molar refractivity (Wildman–Crippen MR) is 103 cm³/mol. The Labute approximate surface area is 161 Å². The van der Waals surface area contributed by atoms with Crippen molar-refractivity contribution >= 4 is 0 Å². The number of aromatic nitrogens is 2. The van der Waals surface area contributed by atoms with Crippen molar-refractivity contribution in [1.29, 1.82) is 0 Å². The van der Waals surface area contributed by atoms with Crippen LogP contribution in [0.1, 0.15) is 31.2 Å². The number of hydrogen-bond acceptors (Lipinski definition) is 5. The second kappa shape index (κ2) is 8.31. The highest BCUT2D eigenvalue weighted by Crippen LogP contribution is 2.37. The van der Waals surface area contributed by atoms with Crippen molar-refractivity contribution < 1.29 is 14.2 Å². The molecule has 27 heavy (non-hydrogen) atoms. The van der Waals surface area contributed by atoms with Crippen molar-refractivity contribution in [2.45, 2.75) is 44.4 Å². The van der Waals surface area contributed by atoms with Gasteiger partial charge in [-0.05, 0) is 31.7 Å². The molecule has 0 aliphatic carbocycles. The number of para-hydroxylation sites is 1. The SMILES string of the molecule is COc1cccc(CN2CCC3(CCCO3)CC2)c1OCCn1ccnc1. The average Bonchev–Trinajstić information content (AvgIpc) is 3.37. The van der Waals surface area contributed by atoms with Gasteiger partial charge in [0.2, 0.25) is 0 Å². The van der Waals surface area contributed by atoms with Crippen LogP contribution in [0.5, 0.6) is 11.5 Å². The minimum Gasteiger partial charge on any atom is -0.493 e. The Morgan fingerprint density at radius 3 is 2.81 bits per heavy atom. The van der Waals surface area contributed by atoms with Gasteiger partial charge in [0.15, 0.2) is 11.5 Å². The first-order valence-electron chi connectivity index (χ1n) is 9.89. The van der Waals surface area contributed by atoms with Gasteiger partial charge < -0.3 is 18.8 Å². The molecule has 0 bridgehead atoms. The number of piperidine rings is 1. The van der Waals surface area contributed by atoms with Gasteiger partial charge in [-0.15, -0.1) is 0 Å². The second-order valence-corrected chi connectivity index (χ2v) is 7.51. The number of likely N-dealkylation sites (tertiary alicyclic amines) is 1. The van der Waals surface area contributed by atoms with Crippen LogP contribution in [-0.4, -0.2) is 53.5 Å². The number of benzene rings is 1. The molecule has 2 aromatic rings. The lowest BCUT2D eigenvalue weighted by Gasteiger charge is -2.38. The Kier molecular flexibility index (Phi) is 5.64. The molecule has 1 aromatic carbocycles. The highest BCUT2D eigenvalue weighted by atomic mass is 16.5. The van der Waals surface area contributed by atoms with Gasteiger partial charge in [-0.3, -0.25) is 4.90 Å². The second-order valence-electron chi connectivity index (χ2n) is 7.51. The monoisotopic (exact) mass is 371 g/mol. The number of methoxy groups -OCH3 is 1. The van der Waals surface area contributed by atoms with E-state index in [1.165, 1.54) is 18.4 Å². The third-order valence-electron chi connectivity index (χ3n) is 5.78. The van der Waals surface area contributed by atoms with Gasteiger partial charge >= 0.3 is 0 Å². The number of imidazole rings is 1. The summed E-state index contributed by atoms with van der Waals surface area (Å²) in [5.41, 5.74) is 1.35. The van der Waals surface area contributed by atoms with Gasteiger partial charge in [0.25, 0.3) is 0 Å². The van der Waals surface area contributed by atoms with Crippen molar-refractivity contribution in [3.8, 4) is 11.5 Å². The summed E-state index contributed by atoms with van der Waals surface area (Å²) in [7, 11) is 1.70. The molecule has 0 saturated carbocycles. The molecule has 4 rings (SSSR count). The van der Waals surface area contributed by atoms with Crippen molar-refractivity contribution in [2.24, 2.45) is 0 Å². The molecule has 3 heterocycles. The van der Waals surface area contributed by atoms with E-state index in [0.717, 1.165) is 57.1 Å². The Balaban J connectivity index is 1.39. The van der Waals surface area contributed by atoms with Gasteiger partial charge in [0.05, 0.1) is 25.6 Å². The fourth-order valence-electron chi connectivity index (χ4n) is 4.19. The van der Waals surface area contributed by atoms with E-state index in [9.17, 15) is 0 Å². The van der Waals surface area contributed by atoms with Crippen LogP contribution in [0.4, 0.5) is 0 Å². The van der Waals surface area contributed by atoms with Gasteiger partial charge in [0.1, 0.15) is 6.61 Å². The minimum atomic E-state index is 0.162. The van der Waals surface area contributed by atoms with Crippen LogP contribution >= 0.6 is 0 Å². The van der Waals surface area contributed by atoms with E-state index in [1.54, 1.807) is 19.6 Å². The molecule has 2 saturated heterocycles. The summed E-state index contributed by atoms with van der Waals surface area (Å²) < 4.78 is 19.8. The summed E-state index contributed by atoms with van der Waals surface area (Å²) in [6, 6.07) is 6.15. The first kappa shape index (κ1) is 18.3. The molecule has 0 unspecified atom stereocenters.